The summed E-state index contributed by atoms with van der Waals surface area (Å²) in [5.74, 6) is 0.880. The third-order valence-electron chi connectivity index (χ3n) is 8.24. The highest BCUT2D eigenvalue weighted by Crippen LogP contribution is 2.47. The Morgan fingerprint density at radius 3 is 2.33 bits per heavy atom. The van der Waals surface area contributed by atoms with Crippen LogP contribution >= 0.6 is 11.6 Å². The molecular formula is C33H29ClN4O8. The summed E-state index contributed by atoms with van der Waals surface area (Å²) in [5.41, 5.74) is 3.04. The number of halogens is 1. The summed E-state index contributed by atoms with van der Waals surface area (Å²) >= 11 is 6.48. The highest BCUT2D eigenvalue weighted by atomic mass is 35.5. The Labute approximate surface area is 267 Å². The smallest absolute Gasteiger partial charge is 0.412 e. The van der Waals surface area contributed by atoms with E-state index in [-0.39, 0.29) is 42.2 Å². The SMILES string of the molecule is COc1cc2cc(C(=O)N3CC(CCl)c4c3cc(N(Cc3ccc([N+](=O)[O-])cc3)C(=O)O)c3ccccc43)[nH]c2c(OC)c1OC. The highest BCUT2D eigenvalue weighted by molar-refractivity contribution is 6.20. The number of hydrogen-bond acceptors (Lipinski definition) is 7. The van der Waals surface area contributed by atoms with Crippen molar-refractivity contribution in [2.24, 2.45) is 0 Å². The van der Waals surface area contributed by atoms with Crippen LogP contribution in [0.25, 0.3) is 21.7 Å². The Balaban J connectivity index is 1.47. The van der Waals surface area contributed by atoms with Gasteiger partial charge in [-0.2, -0.15) is 0 Å². The van der Waals surface area contributed by atoms with Crippen LogP contribution in [-0.2, 0) is 6.54 Å². The molecule has 2 amide bonds. The molecule has 0 bridgehead atoms. The van der Waals surface area contributed by atoms with Crippen LogP contribution < -0.4 is 24.0 Å². The minimum atomic E-state index is -1.22. The fourth-order valence-electron chi connectivity index (χ4n) is 6.13. The predicted octanol–water partition coefficient (Wildman–Crippen LogP) is 6.92. The molecule has 0 saturated heterocycles. The van der Waals surface area contributed by atoms with Gasteiger partial charge in [0.15, 0.2) is 11.5 Å². The summed E-state index contributed by atoms with van der Waals surface area (Å²) in [5, 5.41) is 23.6. The van der Waals surface area contributed by atoms with Crippen LogP contribution in [0.2, 0.25) is 0 Å². The number of nitro groups is 1. The monoisotopic (exact) mass is 644 g/mol. The van der Waals surface area contributed by atoms with Gasteiger partial charge >= 0.3 is 6.09 Å². The van der Waals surface area contributed by atoms with E-state index in [0.29, 0.717) is 50.5 Å². The van der Waals surface area contributed by atoms with Gasteiger partial charge in [0.1, 0.15) is 5.69 Å². The van der Waals surface area contributed by atoms with Crippen molar-refractivity contribution >= 4 is 62.3 Å². The van der Waals surface area contributed by atoms with Crippen LogP contribution in [0.1, 0.15) is 27.5 Å². The van der Waals surface area contributed by atoms with E-state index in [2.05, 4.69) is 4.98 Å². The summed E-state index contributed by atoms with van der Waals surface area (Å²) in [4.78, 5) is 43.6. The van der Waals surface area contributed by atoms with Crippen LogP contribution in [0.5, 0.6) is 17.2 Å². The lowest BCUT2D eigenvalue weighted by Crippen LogP contribution is -2.31. The maximum Gasteiger partial charge on any atom is 0.412 e. The second-order valence-electron chi connectivity index (χ2n) is 10.7. The van der Waals surface area contributed by atoms with Gasteiger partial charge in [0.05, 0.1) is 49.7 Å². The Morgan fingerprint density at radius 2 is 1.72 bits per heavy atom. The van der Waals surface area contributed by atoms with E-state index in [4.69, 9.17) is 25.8 Å². The molecule has 4 aromatic carbocycles. The quantitative estimate of drug-likeness (QED) is 0.0998. The van der Waals surface area contributed by atoms with Crippen LogP contribution in [-0.4, -0.2) is 60.8 Å². The van der Waals surface area contributed by atoms with Gasteiger partial charge in [-0.15, -0.1) is 11.6 Å². The molecule has 46 heavy (non-hydrogen) atoms. The second kappa shape index (κ2) is 12.1. The van der Waals surface area contributed by atoms with Crippen molar-refractivity contribution in [1.82, 2.24) is 4.98 Å². The van der Waals surface area contributed by atoms with E-state index < -0.39 is 11.0 Å². The van der Waals surface area contributed by atoms with Gasteiger partial charge in [0, 0.05) is 41.2 Å². The summed E-state index contributed by atoms with van der Waals surface area (Å²) in [6.07, 6.45) is -1.22. The van der Waals surface area contributed by atoms with E-state index in [9.17, 15) is 24.8 Å². The summed E-state index contributed by atoms with van der Waals surface area (Å²) in [6, 6.07) is 18.3. The maximum atomic E-state index is 14.2. The number of carboxylic acid groups (broad SMARTS) is 1. The minimum Gasteiger partial charge on any atom is -0.493 e. The molecule has 6 rings (SSSR count). The average Bonchev–Trinajstić information content (AvgIpc) is 3.67. The average molecular weight is 645 g/mol. The van der Waals surface area contributed by atoms with Crippen LogP contribution in [0.3, 0.4) is 0 Å². The van der Waals surface area contributed by atoms with E-state index in [1.165, 1.54) is 50.5 Å². The maximum absolute atomic E-state index is 14.2. The van der Waals surface area contributed by atoms with Crippen molar-refractivity contribution in [1.29, 1.82) is 0 Å². The first-order valence-electron chi connectivity index (χ1n) is 14.2. The first kappa shape index (κ1) is 30.5. The molecule has 0 spiro atoms. The number of amides is 2. The van der Waals surface area contributed by atoms with E-state index in [0.717, 1.165) is 10.9 Å². The molecule has 2 N–H and O–H groups in total. The van der Waals surface area contributed by atoms with Crippen molar-refractivity contribution in [3.8, 4) is 17.2 Å². The van der Waals surface area contributed by atoms with Crippen molar-refractivity contribution in [3.63, 3.8) is 0 Å². The number of non-ortho nitro benzene ring substituents is 1. The molecule has 1 aliphatic rings. The van der Waals surface area contributed by atoms with Crippen molar-refractivity contribution in [2.45, 2.75) is 12.5 Å². The number of aromatic amines is 1. The van der Waals surface area contributed by atoms with Crippen LogP contribution in [0.15, 0.2) is 66.7 Å². The number of benzene rings is 4. The number of aromatic nitrogens is 1. The molecule has 1 aliphatic heterocycles. The molecule has 236 valence electrons. The number of anilines is 2. The zero-order chi connectivity index (χ0) is 32.7. The number of nitro benzene ring substituents is 1. The first-order valence-corrected chi connectivity index (χ1v) is 14.7. The number of H-pyrrole nitrogens is 1. The standard InChI is InChI=1S/C33H29ClN4O8/c1-44-27-13-19-12-24(35-29(19)31(46-3)30(27)45-2)32(39)36-17-20(15-34)28-23-7-5-4-6-22(23)25(14-26(28)36)37(33(40)41)16-18-8-10-21(11-9-18)38(42)43/h4-14,20,35H,15-17H2,1-3H3,(H,40,41). The molecule has 5 aromatic rings. The summed E-state index contributed by atoms with van der Waals surface area (Å²) in [7, 11) is 4.51. The Kier molecular flexibility index (Phi) is 8.05. The van der Waals surface area contributed by atoms with Crippen molar-refractivity contribution in [3.05, 3.63) is 93.7 Å². The number of carbonyl (C=O) groups is 2. The number of fused-ring (bicyclic) bond motifs is 4. The van der Waals surface area contributed by atoms with Crippen molar-refractivity contribution in [2.75, 3.05) is 43.6 Å². The Hall–Kier alpha value is -5.49. The molecule has 0 aliphatic carbocycles. The second-order valence-corrected chi connectivity index (χ2v) is 11.0. The number of nitrogens with one attached hydrogen (secondary N) is 1. The van der Waals surface area contributed by atoms with E-state index in [1.54, 1.807) is 23.1 Å². The molecular weight excluding hydrogens is 616 g/mol. The lowest BCUT2D eigenvalue weighted by Gasteiger charge is -2.24. The number of rotatable bonds is 9. The zero-order valence-electron chi connectivity index (χ0n) is 25.1. The normalized spacial score (nSPS) is 13.9. The first-order chi connectivity index (χ1) is 22.2. The largest absolute Gasteiger partial charge is 0.493 e. The van der Waals surface area contributed by atoms with Gasteiger partial charge in [-0.3, -0.25) is 19.8 Å². The molecule has 0 radical (unpaired) electrons. The topological polar surface area (TPSA) is 147 Å². The van der Waals surface area contributed by atoms with Gasteiger partial charge < -0.3 is 29.2 Å². The molecule has 13 heteroatoms. The molecule has 1 aromatic heterocycles. The number of nitrogens with zero attached hydrogens (tertiary/aromatic N) is 3. The Bertz CT molecular complexity index is 2010. The van der Waals surface area contributed by atoms with Crippen LogP contribution in [0.4, 0.5) is 21.9 Å². The number of carbonyl (C=O) groups excluding carboxylic acids is 1. The third-order valence-corrected chi connectivity index (χ3v) is 8.61. The lowest BCUT2D eigenvalue weighted by molar-refractivity contribution is -0.384. The number of methoxy groups -OCH3 is 3. The zero-order valence-corrected chi connectivity index (χ0v) is 25.8. The van der Waals surface area contributed by atoms with Gasteiger partial charge in [-0.05, 0) is 34.7 Å². The number of hydrogen-bond donors (Lipinski definition) is 2. The fourth-order valence-corrected chi connectivity index (χ4v) is 6.39. The van der Waals surface area contributed by atoms with Gasteiger partial charge in [-0.1, -0.05) is 36.4 Å². The summed E-state index contributed by atoms with van der Waals surface area (Å²) in [6.45, 7) is 0.203. The summed E-state index contributed by atoms with van der Waals surface area (Å²) < 4.78 is 16.6. The fraction of sp³-hybridized carbons (Fsp3) is 0.212. The number of ether oxygens (including phenoxy) is 3. The number of alkyl halides is 1. The third kappa shape index (κ3) is 5.06. The molecule has 2 heterocycles. The molecule has 0 saturated carbocycles. The Morgan fingerprint density at radius 1 is 1.02 bits per heavy atom. The molecule has 12 nitrogen and oxygen atoms in total. The molecule has 1 unspecified atom stereocenters. The van der Waals surface area contributed by atoms with Crippen LogP contribution in [0, 0.1) is 10.1 Å². The van der Waals surface area contributed by atoms with E-state index in [1.807, 2.05) is 24.3 Å². The molecule has 0 fully saturated rings. The molecule has 1 atom stereocenters. The van der Waals surface area contributed by atoms with E-state index >= 15 is 0 Å². The van der Waals surface area contributed by atoms with Crippen molar-refractivity contribution < 1.29 is 33.8 Å². The van der Waals surface area contributed by atoms with Gasteiger partial charge in [-0.25, -0.2) is 4.79 Å². The highest BCUT2D eigenvalue weighted by Gasteiger charge is 2.36. The predicted molar refractivity (Wildman–Crippen MR) is 174 cm³/mol. The van der Waals surface area contributed by atoms with Gasteiger partial charge in [0.25, 0.3) is 11.6 Å². The van der Waals surface area contributed by atoms with Gasteiger partial charge in [0.2, 0.25) is 5.75 Å². The minimum absolute atomic E-state index is 0.0749. The lowest BCUT2D eigenvalue weighted by atomic mass is 9.94.